The number of aryl methyl sites for hydroxylation is 1. The lowest BCUT2D eigenvalue weighted by Gasteiger charge is -2.25. The van der Waals surface area contributed by atoms with Gasteiger partial charge in [0.2, 0.25) is 5.56 Å². The molecule has 0 spiro atoms. The molecule has 0 radical (unpaired) electrons. The Morgan fingerprint density at radius 2 is 2.00 bits per heavy atom. The number of hydrogen-bond donors (Lipinski definition) is 1. The van der Waals surface area contributed by atoms with Crippen molar-refractivity contribution < 1.29 is 4.79 Å². The summed E-state index contributed by atoms with van der Waals surface area (Å²) in [6, 6.07) is 13.5. The van der Waals surface area contributed by atoms with E-state index in [1.807, 2.05) is 23.1 Å². The second-order valence-corrected chi connectivity index (χ2v) is 5.98. The zero-order chi connectivity index (χ0) is 16.2. The number of benzene rings is 1. The van der Waals surface area contributed by atoms with Gasteiger partial charge in [-0.25, -0.2) is 4.79 Å². The number of nitrogens with one attached hydrogen (secondary N) is 1. The van der Waals surface area contributed by atoms with Gasteiger partial charge in [-0.1, -0.05) is 30.3 Å². The van der Waals surface area contributed by atoms with Crippen LogP contribution in [0.4, 0.5) is 10.5 Å². The maximum Gasteiger partial charge on any atom is 0.322 e. The summed E-state index contributed by atoms with van der Waals surface area (Å²) in [7, 11) is 1.67. The van der Waals surface area contributed by atoms with E-state index in [0.29, 0.717) is 5.69 Å². The number of pyridine rings is 1. The van der Waals surface area contributed by atoms with Gasteiger partial charge in [-0.15, -0.1) is 0 Å². The molecule has 23 heavy (non-hydrogen) atoms. The lowest BCUT2D eigenvalue weighted by molar-refractivity contribution is 0.206. The number of aromatic nitrogens is 1. The first-order chi connectivity index (χ1) is 11.1. The molecule has 5 nitrogen and oxygen atoms in total. The third-order valence-electron chi connectivity index (χ3n) is 4.29. The highest BCUT2D eigenvalue weighted by Crippen LogP contribution is 2.22. The molecule has 1 N–H and O–H groups in total. The molecule has 120 valence electrons. The molecule has 2 heterocycles. The number of amides is 2. The van der Waals surface area contributed by atoms with Crippen molar-refractivity contribution in [2.24, 2.45) is 7.05 Å². The molecule has 0 aliphatic carbocycles. The average molecular weight is 311 g/mol. The van der Waals surface area contributed by atoms with Crippen molar-refractivity contribution in [2.75, 3.05) is 11.9 Å². The Morgan fingerprint density at radius 3 is 2.74 bits per heavy atom. The molecule has 1 fully saturated rings. The molecule has 0 saturated carbocycles. The third kappa shape index (κ3) is 3.62. The first-order valence-corrected chi connectivity index (χ1v) is 7.92. The minimum Gasteiger partial charge on any atom is -0.321 e. The zero-order valence-electron chi connectivity index (χ0n) is 13.2. The molecule has 1 aromatic heterocycles. The van der Waals surface area contributed by atoms with Crippen LogP contribution in [0.3, 0.4) is 0 Å². The Kier molecular flexibility index (Phi) is 4.46. The molecular formula is C18H21N3O2. The Labute approximate surface area is 135 Å². The van der Waals surface area contributed by atoms with E-state index >= 15 is 0 Å². The van der Waals surface area contributed by atoms with Gasteiger partial charge in [-0.3, -0.25) is 4.79 Å². The number of urea groups is 1. The lowest BCUT2D eigenvalue weighted by atomic mass is 10.0. The number of anilines is 1. The number of carbonyl (C=O) groups is 1. The normalized spacial score (nSPS) is 17.3. The van der Waals surface area contributed by atoms with Gasteiger partial charge >= 0.3 is 6.03 Å². The molecule has 0 unspecified atom stereocenters. The van der Waals surface area contributed by atoms with E-state index in [9.17, 15) is 9.59 Å². The molecule has 1 aliphatic heterocycles. The number of nitrogens with zero attached hydrogens (tertiary/aromatic N) is 2. The van der Waals surface area contributed by atoms with Crippen LogP contribution in [0.2, 0.25) is 0 Å². The Bertz CT molecular complexity index is 739. The van der Waals surface area contributed by atoms with Crippen molar-refractivity contribution in [1.82, 2.24) is 9.47 Å². The van der Waals surface area contributed by atoms with E-state index in [1.54, 1.807) is 19.3 Å². The van der Waals surface area contributed by atoms with Gasteiger partial charge in [-0.2, -0.15) is 0 Å². The van der Waals surface area contributed by atoms with Gasteiger partial charge < -0.3 is 14.8 Å². The summed E-state index contributed by atoms with van der Waals surface area (Å²) in [6.45, 7) is 0.773. The Balaban J connectivity index is 1.68. The van der Waals surface area contributed by atoms with Gasteiger partial charge in [0.15, 0.2) is 0 Å². The summed E-state index contributed by atoms with van der Waals surface area (Å²) in [5, 5.41) is 2.89. The predicted molar refractivity (Wildman–Crippen MR) is 90.6 cm³/mol. The fraction of sp³-hybridized carbons (Fsp3) is 0.333. The number of hydrogen-bond acceptors (Lipinski definition) is 2. The van der Waals surface area contributed by atoms with E-state index in [-0.39, 0.29) is 17.6 Å². The zero-order valence-corrected chi connectivity index (χ0v) is 13.2. The van der Waals surface area contributed by atoms with Gasteiger partial charge in [0, 0.05) is 31.9 Å². The van der Waals surface area contributed by atoms with Crippen molar-refractivity contribution in [1.29, 1.82) is 0 Å². The van der Waals surface area contributed by atoms with Gasteiger partial charge in [0.1, 0.15) is 0 Å². The van der Waals surface area contributed by atoms with Crippen molar-refractivity contribution in [3.8, 4) is 0 Å². The van der Waals surface area contributed by atoms with Crippen LogP contribution in [-0.4, -0.2) is 28.1 Å². The van der Waals surface area contributed by atoms with Crippen LogP contribution in [0.1, 0.15) is 18.4 Å². The van der Waals surface area contributed by atoms with E-state index in [1.165, 1.54) is 16.2 Å². The SMILES string of the molecule is Cn1cc(NC(=O)N2CCC[C@@H]2Cc2ccccc2)ccc1=O. The fourth-order valence-corrected chi connectivity index (χ4v) is 3.06. The third-order valence-corrected chi connectivity index (χ3v) is 4.29. The molecule has 1 atom stereocenters. The first kappa shape index (κ1) is 15.3. The fourth-order valence-electron chi connectivity index (χ4n) is 3.06. The highest BCUT2D eigenvalue weighted by molar-refractivity contribution is 5.89. The van der Waals surface area contributed by atoms with E-state index in [4.69, 9.17) is 0 Å². The maximum atomic E-state index is 12.5. The molecule has 5 heteroatoms. The monoisotopic (exact) mass is 311 g/mol. The van der Waals surface area contributed by atoms with Crippen LogP contribution in [0.5, 0.6) is 0 Å². The minimum atomic E-state index is -0.0953. The van der Waals surface area contributed by atoms with Gasteiger partial charge in [-0.05, 0) is 30.9 Å². The maximum absolute atomic E-state index is 12.5. The quantitative estimate of drug-likeness (QED) is 0.947. The largest absolute Gasteiger partial charge is 0.322 e. The molecule has 2 amide bonds. The van der Waals surface area contributed by atoms with Crippen LogP contribution in [-0.2, 0) is 13.5 Å². The molecule has 1 aliphatic rings. The average Bonchev–Trinajstić information content (AvgIpc) is 3.00. The summed E-state index contributed by atoms with van der Waals surface area (Å²) in [6.07, 6.45) is 4.57. The van der Waals surface area contributed by atoms with Crippen LogP contribution in [0, 0.1) is 0 Å². The Morgan fingerprint density at radius 1 is 1.22 bits per heavy atom. The van der Waals surface area contributed by atoms with E-state index in [0.717, 1.165) is 25.8 Å². The number of rotatable bonds is 3. The summed E-state index contributed by atoms with van der Waals surface area (Å²) < 4.78 is 1.46. The van der Waals surface area contributed by atoms with Crippen molar-refractivity contribution in [3.63, 3.8) is 0 Å². The summed E-state index contributed by atoms with van der Waals surface area (Å²) in [4.78, 5) is 25.8. The topological polar surface area (TPSA) is 54.3 Å². The van der Waals surface area contributed by atoms with Crippen molar-refractivity contribution in [2.45, 2.75) is 25.3 Å². The first-order valence-electron chi connectivity index (χ1n) is 7.92. The van der Waals surface area contributed by atoms with Gasteiger partial charge in [0.05, 0.1) is 5.69 Å². The molecule has 1 saturated heterocycles. The summed E-state index contributed by atoms with van der Waals surface area (Å²) >= 11 is 0. The van der Waals surface area contributed by atoms with Crippen LogP contribution in [0.15, 0.2) is 53.5 Å². The predicted octanol–water partition coefficient (Wildman–Crippen LogP) is 2.62. The molecule has 2 aromatic rings. The van der Waals surface area contributed by atoms with Crippen molar-refractivity contribution >= 4 is 11.7 Å². The second kappa shape index (κ2) is 6.69. The number of carbonyl (C=O) groups excluding carboxylic acids is 1. The van der Waals surface area contributed by atoms with Gasteiger partial charge in [0.25, 0.3) is 0 Å². The highest BCUT2D eigenvalue weighted by Gasteiger charge is 2.28. The van der Waals surface area contributed by atoms with E-state index in [2.05, 4.69) is 17.4 Å². The molecule has 0 bridgehead atoms. The molecule has 1 aromatic carbocycles. The smallest absolute Gasteiger partial charge is 0.321 e. The van der Waals surface area contributed by atoms with Crippen LogP contribution >= 0.6 is 0 Å². The lowest BCUT2D eigenvalue weighted by Crippen LogP contribution is -2.39. The molecule has 3 rings (SSSR count). The van der Waals surface area contributed by atoms with Crippen LogP contribution < -0.4 is 10.9 Å². The standard InChI is InChI=1S/C18H21N3O2/c1-20-13-15(9-10-17(20)22)19-18(23)21-11-5-8-16(21)12-14-6-3-2-4-7-14/h2-4,6-7,9-10,13,16H,5,8,11-12H2,1H3,(H,19,23)/t16-/m1/s1. The second-order valence-electron chi connectivity index (χ2n) is 5.98. The summed E-state index contributed by atoms with van der Waals surface area (Å²) in [5.74, 6) is 0. The minimum absolute atomic E-state index is 0.0916. The van der Waals surface area contributed by atoms with Crippen LogP contribution in [0.25, 0.3) is 0 Å². The molecular weight excluding hydrogens is 290 g/mol. The number of likely N-dealkylation sites (tertiary alicyclic amines) is 1. The highest BCUT2D eigenvalue weighted by atomic mass is 16.2. The Hall–Kier alpha value is -2.56. The van der Waals surface area contributed by atoms with Crippen molar-refractivity contribution in [3.05, 3.63) is 64.6 Å². The van der Waals surface area contributed by atoms with E-state index < -0.39 is 0 Å². The summed E-state index contributed by atoms with van der Waals surface area (Å²) in [5.41, 5.74) is 1.80.